The molecule has 0 amide bonds. The molecule has 1 N–H and O–H groups in total. The lowest BCUT2D eigenvalue weighted by molar-refractivity contribution is 0.0702. The van der Waals surface area contributed by atoms with Gasteiger partial charge in [0.05, 0.1) is 0 Å². The van der Waals surface area contributed by atoms with Gasteiger partial charge in [0.1, 0.15) is 9.90 Å². The van der Waals surface area contributed by atoms with Crippen LogP contribution in [0.4, 0.5) is 0 Å². The minimum absolute atomic E-state index is 0.222. The van der Waals surface area contributed by atoms with Crippen molar-refractivity contribution in [3.63, 3.8) is 0 Å². The Morgan fingerprint density at radius 1 is 1.89 bits per heavy atom. The molecule has 1 aromatic rings. The summed E-state index contributed by atoms with van der Waals surface area (Å²) in [6.07, 6.45) is 0. The average molecular weight is 161 g/mol. The van der Waals surface area contributed by atoms with Gasteiger partial charge in [0.25, 0.3) is 0 Å². The number of aromatic carboxylic acids is 1. The first-order valence-electron chi connectivity index (χ1n) is 2.09. The minimum Gasteiger partial charge on any atom is -0.477 e. The van der Waals surface area contributed by atoms with Gasteiger partial charge in [-0.1, -0.05) is 0 Å². The van der Waals surface area contributed by atoms with Crippen LogP contribution in [0.3, 0.4) is 0 Å². The molecule has 0 aliphatic heterocycles. The Bertz CT molecular complexity index is 232. The summed E-state index contributed by atoms with van der Waals surface area (Å²) in [7, 11) is 0. The zero-order valence-electron chi connectivity index (χ0n) is 4.24. The van der Waals surface area contributed by atoms with Gasteiger partial charge in [-0.25, -0.2) is 4.79 Å². The molecule has 0 spiro atoms. The molecule has 0 aliphatic carbocycles. The van der Waals surface area contributed by atoms with Crippen LogP contribution in [0.5, 0.6) is 0 Å². The maximum Gasteiger partial charge on any atom is 0.347 e. The molecule has 0 saturated heterocycles. The molecule has 1 aromatic heterocycles. The lowest BCUT2D eigenvalue weighted by Crippen LogP contribution is -1.89. The van der Waals surface area contributed by atoms with E-state index in [9.17, 15) is 4.79 Å². The molecule has 9 heavy (non-hydrogen) atoms. The Hall–Kier alpha value is -0.550. The minimum atomic E-state index is -0.951. The Kier molecular flexibility index (Phi) is 1.73. The maximum absolute atomic E-state index is 10.2. The van der Waals surface area contributed by atoms with Crippen molar-refractivity contribution in [3.05, 3.63) is 10.9 Å². The highest BCUT2D eigenvalue weighted by molar-refractivity contribution is 7.80. The van der Waals surface area contributed by atoms with Crippen molar-refractivity contribution in [1.82, 2.24) is 4.37 Å². The molecule has 48 valence electrons. The monoisotopic (exact) mass is 161 g/mol. The Morgan fingerprint density at radius 3 is 2.78 bits per heavy atom. The Balaban J connectivity index is 2.98. The van der Waals surface area contributed by atoms with E-state index in [1.165, 1.54) is 6.07 Å². The third kappa shape index (κ3) is 1.43. The second-order valence-electron chi connectivity index (χ2n) is 1.35. The normalized spacial score (nSPS) is 9.44. The maximum atomic E-state index is 10.2. The van der Waals surface area contributed by atoms with Crippen molar-refractivity contribution in [2.24, 2.45) is 0 Å². The summed E-state index contributed by atoms with van der Waals surface area (Å²) in [5.41, 5.74) is 0. The highest BCUT2D eigenvalue weighted by Gasteiger charge is 2.04. The zero-order chi connectivity index (χ0) is 6.85. The average Bonchev–Trinajstić information content (AvgIpc) is 2.14. The predicted molar refractivity (Wildman–Crippen MR) is 36.3 cm³/mol. The Labute approximate surface area is 60.9 Å². The number of rotatable bonds is 1. The molecule has 1 heterocycles. The van der Waals surface area contributed by atoms with Crippen molar-refractivity contribution in [3.8, 4) is 0 Å². The highest BCUT2D eigenvalue weighted by Crippen LogP contribution is 2.11. The van der Waals surface area contributed by atoms with Crippen LogP contribution in [0.15, 0.2) is 11.1 Å². The third-order valence-electron chi connectivity index (χ3n) is 0.709. The molecule has 0 fully saturated rings. The largest absolute Gasteiger partial charge is 0.477 e. The summed E-state index contributed by atoms with van der Waals surface area (Å²) in [5.74, 6) is -0.951. The summed E-state index contributed by atoms with van der Waals surface area (Å²) in [5, 5.41) is 8.79. The molecule has 0 aliphatic rings. The van der Waals surface area contributed by atoms with E-state index in [2.05, 4.69) is 17.0 Å². The summed E-state index contributed by atoms with van der Waals surface area (Å²) >= 11 is 4.77. The molecule has 0 aromatic carbocycles. The number of carboxylic acids is 1. The Morgan fingerprint density at radius 2 is 2.56 bits per heavy atom. The van der Waals surface area contributed by atoms with E-state index in [-0.39, 0.29) is 4.88 Å². The van der Waals surface area contributed by atoms with Gasteiger partial charge in [-0.2, -0.15) is 4.37 Å². The van der Waals surface area contributed by atoms with Crippen LogP contribution in [0.25, 0.3) is 0 Å². The van der Waals surface area contributed by atoms with Gasteiger partial charge < -0.3 is 5.11 Å². The fourth-order valence-electron chi connectivity index (χ4n) is 0.367. The first-order chi connectivity index (χ1) is 4.20. The summed E-state index contributed by atoms with van der Waals surface area (Å²) in [6, 6.07) is 1.41. The van der Waals surface area contributed by atoms with E-state index < -0.39 is 5.97 Å². The van der Waals surface area contributed by atoms with Crippen LogP contribution in [-0.4, -0.2) is 15.4 Å². The lowest BCUT2D eigenvalue weighted by Gasteiger charge is -1.77. The fourth-order valence-corrected chi connectivity index (χ4v) is 1.19. The van der Waals surface area contributed by atoms with Crippen molar-refractivity contribution in [2.45, 2.75) is 5.03 Å². The van der Waals surface area contributed by atoms with Crippen LogP contribution in [0, 0.1) is 0 Å². The number of hydrogen-bond acceptors (Lipinski definition) is 4. The fraction of sp³-hybridized carbons (Fsp3) is 0. The summed E-state index contributed by atoms with van der Waals surface area (Å²) in [6.45, 7) is 0. The molecule has 0 bridgehead atoms. The van der Waals surface area contributed by atoms with E-state index in [1.54, 1.807) is 0 Å². The van der Waals surface area contributed by atoms with Crippen LogP contribution >= 0.6 is 24.2 Å². The van der Waals surface area contributed by atoms with Crippen LogP contribution in [0.1, 0.15) is 9.67 Å². The molecule has 0 radical (unpaired) electrons. The van der Waals surface area contributed by atoms with Crippen molar-refractivity contribution in [1.29, 1.82) is 0 Å². The topological polar surface area (TPSA) is 50.2 Å². The molecule has 0 saturated carbocycles. The first kappa shape index (κ1) is 6.57. The van der Waals surface area contributed by atoms with Crippen molar-refractivity contribution < 1.29 is 9.90 Å². The number of nitrogens with zero attached hydrogens (tertiary/aromatic N) is 1. The van der Waals surface area contributed by atoms with Gasteiger partial charge in [-0.05, 0) is 17.6 Å². The van der Waals surface area contributed by atoms with Gasteiger partial charge in [0.2, 0.25) is 0 Å². The zero-order valence-corrected chi connectivity index (χ0v) is 5.95. The summed E-state index contributed by atoms with van der Waals surface area (Å²) < 4.78 is 3.66. The van der Waals surface area contributed by atoms with E-state index in [0.717, 1.165) is 11.5 Å². The van der Waals surface area contributed by atoms with Crippen LogP contribution < -0.4 is 0 Å². The standard InChI is InChI=1S/C4H3NO2S2/c6-4(7)2-1-3(8)5-9-2/h1H,(H,5,8)(H,6,7). The third-order valence-corrected chi connectivity index (χ3v) is 1.85. The lowest BCUT2D eigenvalue weighted by atomic mass is 10.5. The van der Waals surface area contributed by atoms with Crippen LogP contribution in [-0.2, 0) is 0 Å². The van der Waals surface area contributed by atoms with Gasteiger partial charge in [-0.15, -0.1) is 12.6 Å². The summed E-state index contributed by atoms with van der Waals surface area (Å²) in [4.78, 5) is 10.4. The molecule has 1 rings (SSSR count). The van der Waals surface area contributed by atoms with Crippen molar-refractivity contribution in [2.75, 3.05) is 0 Å². The van der Waals surface area contributed by atoms with E-state index in [4.69, 9.17) is 5.11 Å². The quantitative estimate of drug-likeness (QED) is 0.607. The molecular weight excluding hydrogens is 158 g/mol. The second kappa shape index (κ2) is 2.36. The van der Waals surface area contributed by atoms with Gasteiger partial charge in [-0.3, -0.25) is 0 Å². The van der Waals surface area contributed by atoms with Crippen molar-refractivity contribution >= 4 is 30.1 Å². The molecule has 0 unspecified atom stereocenters. The van der Waals surface area contributed by atoms with Crippen LogP contribution in [0.2, 0.25) is 0 Å². The molecule has 0 atom stereocenters. The highest BCUT2D eigenvalue weighted by atomic mass is 32.1. The molecular formula is C4H3NO2S2. The van der Waals surface area contributed by atoms with E-state index >= 15 is 0 Å². The van der Waals surface area contributed by atoms with Gasteiger partial charge in [0.15, 0.2) is 0 Å². The second-order valence-corrected chi connectivity index (χ2v) is 2.62. The van der Waals surface area contributed by atoms with E-state index in [0.29, 0.717) is 5.03 Å². The predicted octanol–water partition coefficient (Wildman–Crippen LogP) is 1.13. The first-order valence-corrected chi connectivity index (χ1v) is 3.31. The van der Waals surface area contributed by atoms with Gasteiger partial charge in [0, 0.05) is 0 Å². The number of hydrogen-bond donors (Lipinski definition) is 2. The number of carboxylic acid groups (broad SMARTS) is 1. The van der Waals surface area contributed by atoms with Gasteiger partial charge >= 0.3 is 5.97 Å². The smallest absolute Gasteiger partial charge is 0.347 e. The SMILES string of the molecule is O=C(O)c1cc(S)ns1. The number of carbonyl (C=O) groups is 1. The van der Waals surface area contributed by atoms with E-state index in [1.807, 2.05) is 0 Å². The molecule has 3 nitrogen and oxygen atoms in total. The molecule has 5 heteroatoms. The number of aromatic nitrogens is 1. The number of thiol groups is 1.